The van der Waals surface area contributed by atoms with Crippen molar-refractivity contribution in [1.29, 1.82) is 0 Å². The number of carbonyl (C=O) groups is 1. The van der Waals surface area contributed by atoms with Crippen molar-refractivity contribution in [2.24, 2.45) is 34.0 Å². The smallest absolute Gasteiger partial charge is 0.305 e. The molecular weight excluding hydrogens is 344 g/mol. The third-order valence-corrected chi connectivity index (χ3v) is 8.92. The number of esters is 1. The molecule has 28 heavy (non-hydrogen) atoms. The van der Waals surface area contributed by atoms with E-state index in [0.717, 1.165) is 37.0 Å². The minimum atomic E-state index is -0.0645. The summed E-state index contributed by atoms with van der Waals surface area (Å²) in [7, 11) is 1.49. The molecule has 0 aromatic carbocycles. The molecular formula is C26H42O2. The first kappa shape index (κ1) is 21.7. The maximum absolute atomic E-state index is 11.5. The Kier molecular flexibility index (Phi) is 6.18. The third kappa shape index (κ3) is 3.85. The molecule has 5 atom stereocenters. The molecule has 3 aliphatic rings. The normalized spacial score (nSPS) is 39.3. The molecule has 0 saturated heterocycles. The molecule has 0 radical (unpaired) electrons. The predicted molar refractivity (Wildman–Crippen MR) is 117 cm³/mol. The van der Waals surface area contributed by atoms with Crippen molar-refractivity contribution in [3.8, 4) is 0 Å². The van der Waals surface area contributed by atoms with E-state index in [-0.39, 0.29) is 11.4 Å². The maximum atomic E-state index is 11.5. The molecule has 1 unspecified atom stereocenters. The summed E-state index contributed by atoms with van der Waals surface area (Å²) in [4.78, 5) is 11.5. The summed E-state index contributed by atoms with van der Waals surface area (Å²) in [6.07, 6.45) is 16.6. The monoisotopic (exact) mass is 386 g/mol. The Morgan fingerprint density at radius 3 is 2.64 bits per heavy atom. The van der Waals surface area contributed by atoms with Crippen LogP contribution in [0.2, 0.25) is 0 Å². The molecule has 2 fully saturated rings. The van der Waals surface area contributed by atoms with Crippen LogP contribution in [0.1, 0.15) is 91.9 Å². The van der Waals surface area contributed by atoms with E-state index in [2.05, 4.69) is 46.4 Å². The highest BCUT2D eigenvalue weighted by Gasteiger charge is 2.57. The largest absolute Gasteiger partial charge is 0.469 e. The second-order valence-electron chi connectivity index (χ2n) is 11.1. The van der Waals surface area contributed by atoms with Crippen molar-refractivity contribution in [2.45, 2.75) is 91.9 Å². The molecule has 2 saturated carbocycles. The Hall–Kier alpha value is -1.05. The van der Waals surface area contributed by atoms with Crippen LogP contribution in [0.15, 0.2) is 24.3 Å². The summed E-state index contributed by atoms with van der Waals surface area (Å²) in [5, 5.41) is 0. The van der Waals surface area contributed by atoms with Crippen LogP contribution in [0.5, 0.6) is 0 Å². The number of unbranched alkanes of at least 4 members (excludes halogenated alkanes) is 1. The van der Waals surface area contributed by atoms with Gasteiger partial charge in [0.25, 0.3) is 0 Å². The summed E-state index contributed by atoms with van der Waals surface area (Å²) in [5.74, 6) is 2.22. The lowest BCUT2D eigenvalue weighted by atomic mass is 9.43. The van der Waals surface area contributed by atoms with Crippen LogP contribution in [0.3, 0.4) is 0 Å². The van der Waals surface area contributed by atoms with Gasteiger partial charge in [-0.2, -0.15) is 0 Å². The minimum Gasteiger partial charge on any atom is -0.469 e. The second kappa shape index (κ2) is 8.00. The lowest BCUT2D eigenvalue weighted by Gasteiger charge is -2.62. The third-order valence-electron chi connectivity index (χ3n) is 8.92. The van der Waals surface area contributed by atoms with E-state index in [1.165, 1.54) is 45.6 Å². The molecule has 2 nitrogen and oxygen atoms in total. The fraction of sp³-hybridized carbons (Fsp3) is 0.808. The summed E-state index contributed by atoms with van der Waals surface area (Å²) in [5.41, 5.74) is 2.83. The van der Waals surface area contributed by atoms with Gasteiger partial charge in [0.15, 0.2) is 0 Å². The molecule has 0 aromatic rings. The van der Waals surface area contributed by atoms with E-state index in [0.29, 0.717) is 17.3 Å². The predicted octanol–water partition coefficient (Wildman–Crippen LogP) is 7.10. The first-order valence-corrected chi connectivity index (χ1v) is 11.6. The number of rotatable bonds is 6. The van der Waals surface area contributed by atoms with Gasteiger partial charge in [-0.25, -0.2) is 0 Å². The van der Waals surface area contributed by atoms with Crippen molar-refractivity contribution >= 4 is 5.97 Å². The molecule has 2 heteroatoms. The van der Waals surface area contributed by atoms with Crippen LogP contribution in [0.25, 0.3) is 0 Å². The zero-order valence-corrected chi connectivity index (χ0v) is 19.0. The number of hydrogen-bond acceptors (Lipinski definition) is 2. The first-order chi connectivity index (χ1) is 13.2. The molecule has 0 amide bonds. The minimum absolute atomic E-state index is 0.0645. The molecule has 0 N–H and O–H groups in total. The average Bonchev–Trinajstić information content (AvgIpc) is 2.66. The van der Waals surface area contributed by atoms with Gasteiger partial charge < -0.3 is 4.74 Å². The Morgan fingerprint density at radius 2 is 1.96 bits per heavy atom. The van der Waals surface area contributed by atoms with Crippen LogP contribution in [0, 0.1) is 34.0 Å². The highest BCUT2D eigenvalue weighted by Crippen LogP contribution is 2.66. The van der Waals surface area contributed by atoms with Gasteiger partial charge in [0.2, 0.25) is 0 Å². The van der Waals surface area contributed by atoms with Crippen molar-refractivity contribution in [1.82, 2.24) is 0 Å². The Labute approximate surface area is 173 Å². The SMILES string of the molecule is C=C[C@]1(C)CC=C2[C@@H](CC[C@H]3C(C)(C)CCC(CCCCC(=O)OC)[C@]23C)C1. The van der Waals surface area contributed by atoms with Crippen molar-refractivity contribution < 1.29 is 9.53 Å². The van der Waals surface area contributed by atoms with Gasteiger partial charge in [0.1, 0.15) is 0 Å². The van der Waals surface area contributed by atoms with Crippen LogP contribution >= 0.6 is 0 Å². The molecule has 0 aliphatic heterocycles. The molecule has 0 aromatic heterocycles. The number of fused-ring (bicyclic) bond motifs is 3. The molecule has 0 spiro atoms. The Bertz CT molecular complexity index is 630. The van der Waals surface area contributed by atoms with E-state index in [1.807, 2.05) is 0 Å². The lowest BCUT2D eigenvalue weighted by Crippen LogP contribution is -2.53. The Balaban J connectivity index is 1.82. The van der Waals surface area contributed by atoms with Gasteiger partial charge in [0.05, 0.1) is 7.11 Å². The molecule has 3 aliphatic carbocycles. The van der Waals surface area contributed by atoms with E-state index in [9.17, 15) is 4.79 Å². The number of ether oxygens (including phenoxy) is 1. The molecule has 0 bridgehead atoms. The summed E-state index contributed by atoms with van der Waals surface area (Å²) in [6, 6.07) is 0. The molecule has 0 heterocycles. The van der Waals surface area contributed by atoms with Gasteiger partial charge in [-0.1, -0.05) is 51.8 Å². The molecule has 3 rings (SSSR count). The standard InChI is InChI=1S/C26H42O2/c1-7-25(4)17-15-21-19(18-25)12-13-22-24(2,3)16-14-20(26(21,22)5)10-8-9-11-23(27)28-6/h7,15,19-20,22H,1,8-14,16-18H2,2-6H3/t19-,20?,22-,25+,26+/m0/s1. The maximum Gasteiger partial charge on any atom is 0.305 e. The van der Waals surface area contributed by atoms with E-state index < -0.39 is 0 Å². The van der Waals surface area contributed by atoms with Crippen LogP contribution in [-0.4, -0.2) is 13.1 Å². The van der Waals surface area contributed by atoms with E-state index in [1.54, 1.807) is 5.57 Å². The van der Waals surface area contributed by atoms with Gasteiger partial charge in [0, 0.05) is 6.42 Å². The topological polar surface area (TPSA) is 26.3 Å². The van der Waals surface area contributed by atoms with E-state index >= 15 is 0 Å². The highest BCUT2D eigenvalue weighted by molar-refractivity contribution is 5.68. The number of allylic oxidation sites excluding steroid dienone is 3. The molecule has 158 valence electrons. The van der Waals surface area contributed by atoms with Gasteiger partial charge in [-0.15, -0.1) is 6.58 Å². The quantitative estimate of drug-likeness (QED) is 0.276. The second-order valence-corrected chi connectivity index (χ2v) is 11.1. The van der Waals surface area contributed by atoms with Crippen molar-refractivity contribution in [3.63, 3.8) is 0 Å². The summed E-state index contributed by atoms with van der Waals surface area (Å²) >= 11 is 0. The van der Waals surface area contributed by atoms with Gasteiger partial charge in [-0.05, 0) is 85.4 Å². The first-order valence-electron chi connectivity index (χ1n) is 11.6. The number of carbonyl (C=O) groups excluding carboxylic acids is 1. The summed E-state index contributed by atoms with van der Waals surface area (Å²) < 4.78 is 4.82. The van der Waals surface area contributed by atoms with E-state index in [4.69, 9.17) is 4.74 Å². The average molecular weight is 387 g/mol. The van der Waals surface area contributed by atoms with Crippen LogP contribution in [0.4, 0.5) is 0 Å². The number of hydrogen-bond donors (Lipinski definition) is 0. The lowest BCUT2D eigenvalue weighted by molar-refractivity contribution is -0.140. The van der Waals surface area contributed by atoms with Crippen molar-refractivity contribution in [2.75, 3.05) is 7.11 Å². The van der Waals surface area contributed by atoms with Crippen molar-refractivity contribution in [3.05, 3.63) is 24.3 Å². The van der Waals surface area contributed by atoms with Crippen LogP contribution < -0.4 is 0 Å². The van der Waals surface area contributed by atoms with Gasteiger partial charge >= 0.3 is 5.97 Å². The number of methoxy groups -OCH3 is 1. The van der Waals surface area contributed by atoms with Crippen LogP contribution in [-0.2, 0) is 9.53 Å². The summed E-state index contributed by atoms with van der Waals surface area (Å²) in [6.45, 7) is 14.2. The Morgan fingerprint density at radius 1 is 1.21 bits per heavy atom. The van der Waals surface area contributed by atoms with Gasteiger partial charge in [-0.3, -0.25) is 4.79 Å². The zero-order chi connectivity index (χ0) is 20.6. The zero-order valence-electron chi connectivity index (χ0n) is 19.0. The fourth-order valence-corrected chi connectivity index (χ4v) is 7.17. The fourth-order valence-electron chi connectivity index (χ4n) is 7.17. The highest BCUT2D eigenvalue weighted by atomic mass is 16.5.